The number of carbonyl (C=O) groups excluding carboxylic acids is 1. The van der Waals surface area contributed by atoms with Crippen molar-refractivity contribution in [2.24, 2.45) is 22.2 Å². The summed E-state index contributed by atoms with van der Waals surface area (Å²) in [5.41, 5.74) is 0.689. The Bertz CT molecular complexity index is 891. The molecule has 6 nitrogen and oxygen atoms in total. The van der Waals surface area contributed by atoms with Crippen molar-refractivity contribution < 1.29 is 13.2 Å². The number of hydrogen-bond donors (Lipinski definition) is 0. The summed E-state index contributed by atoms with van der Waals surface area (Å²) in [4.78, 5) is 17.4. The van der Waals surface area contributed by atoms with Gasteiger partial charge < -0.3 is 9.80 Å². The molecule has 5 rings (SSSR count). The van der Waals surface area contributed by atoms with E-state index < -0.39 is 10.0 Å². The summed E-state index contributed by atoms with van der Waals surface area (Å²) in [7, 11) is -3.58. The number of rotatable bonds is 1. The van der Waals surface area contributed by atoms with E-state index in [1.807, 2.05) is 17.0 Å². The summed E-state index contributed by atoms with van der Waals surface area (Å²) >= 11 is 0. The van der Waals surface area contributed by atoms with Crippen molar-refractivity contribution in [1.82, 2.24) is 9.80 Å². The van der Waals surface area contributed by atoms with Crippen molar-refractivity contribution in [1.29, 1.82) is 0 Å². The Balaban J connectivity index is 1.25. The van der Waals surface area contributed by atoms with E-state index in [4.69, 9.17) is 0 Å². The predicted octanol–water partition coefficient (Wildman–Crippen LogP) is 2.11. The van der Waals surface area contributed by atoms with Gasteiger partial charge in [0.1, 0.15) is 4.90 Å². The molecule has 2 saturated heterocycles. The lowest BCUT2D eigenvalue weighted by Crippen LogP contribution is -2.44. The highest BCUT2D eigenvalue weighted by molar-refractivity contribution is 7.90. The molecule has 1 amide bonds. The van der Waals surface area contributed by atoms with Crippen LogP contribution in [0.5, 0.6) is 0 Å². The Labute approximate surface area is 160 Å². The number of carbonyl (C=O) groups is 1. The second-order valence-corrected chi connectivity index (χ2v) is 9.91. The molecule has 4 aliphatic rings. The van der Waals surface area contributed by atoms with Crippen LogP contribution in [0.4, 0.5) is 0 Å². The van der Waals surface area contributed by atoms with Crippen LogP contribution in [0.15, 0.2) is 33.6 Å². The second-order valence-electron chi connectivity index (χ2n) is 8.34. The summed E-state index contributed by atoms with van der Waals surface area (Å²) in [6, 6.07) is 7.00. The van der Waals surface area contributed by atoms with Gasteiger partial charge in [-0.2, -0.15) is 8.42 Å². The molecule has 3 aliphatic heterocycles. The molecule has 3 fully saturated rings. The predicted molar refractivity (Wildman–Crippen MR) is 102 cm³/mol. The van der Waals surface area contributed by atoms with Gasteiger partial charge >= 0.3 is 0 Å². The average molecular weight is 388 g/mol. The van der Waals surface area contributed by atoms with E-state index in [9.17, 15) is 13.2 Å². The van der Waals surface area contributed by atoms with Gasteiger partial charge in [-0.3, -0.25) is 4.79 Å². The topological polar surface area (TPSA) is 70.0 Å². The first-order valence-electron chi connectivity index (χ1n) is 10.0. The molecule has 3 heterocycles. The number of fused-ring (bicyclic) bond motifs is 2. The van der Waals surface area contributed by atoms with Gasteiger partial charge in [0.05, 0.1) is 0 Å². The van der Waals surface area contributed by atoms with E-state index in [1.165, 1.54) is 19.3 Å². The average Bonchev–Trinajstić information content (AvgIpc) is 3.34. The first kappa shape index (κ1) is 17.2. The second kappa shape index (κ2) is 6.33. The number of nitrogens with zero attached hydrogens (tertiary/aromatic N) is 3. The van der Waals surface area contributed by atoms with Crippen LogP contribution < -0.4 is 0 Å². The molecule has 0 spiro atoms. The molecule has 0 radical (unpaired) electrons. The van der Waals surface area contributed by atoms with Crippen LogP contribution in [0.3, 0.4) is 0 Å². The minimum absolute atomic E-state index is 0.0638. The summed E-state index contributed by atoms with van der Waals surface area (Å²) in [5, 5.41) is 0. The SMILES string of the molecule is O=C(C1CCN(C2=NS(=O)(=O)c3ccccc32)CC1)N1C[C@H]2CCC[C@H]2C1. The highest BCUT2D eigenvalue weighted by atomic mass is 32.2. The molecule has 0 unspecified atom stereocenters. The molecule has 0 bridgehead atoms. The third-order valence-corrected chi connectivity index (χ3v) is 8.12. The summed E-state index contributed by atoms with van der Waals surface area (Å²) < 4.78 is 28.6. The van der Waals surface area contributed by atoms with Crippen molar-refractivity contribution in [3.05, 3.63) is 29.8 Å². The maximum atomic E-state index is 12.9. The maximum absolute atomic E-state index is 12.9. The fraction of sp³-hybridized carbons (Fsp3) is 0.600. The standard InChI is InChI=1S/C20H25N3O3S/c24-20(23-12-15-4-3-5-16(15)13-23)14-8-10-22(11-9-14)19-17-6-1-2-7-18(17)27(25,26)21-19/h1-2,6-7,14-16H,3-5,8-13H2/t15-,16+. The lowest BCUT2D eigenvalue weighted by molar-refractivity contribution is -0.136. The highest BCUT2D eigenvalue weighted by Gasteiger charge is 2.41. The van der Waals surface area contributed by atoms with Gasteiger partial charge in [-0.25, -0.2) is 0 Å². The first-order chi connectivity index (χ1) is 13.0. The van der Waals surface area contributed by atoms with E-state index in [0.29, 0.717) is 35.3 Å². The Morgan fingerprint density at radius 1 is 1.00 bits per heavy atom. The zero-order valence-corrected chi connectivity index (χ0v) is 16.2. The van der Waals surface area contributed by atoms with Crippen molar-refractivity contribution in [2.75, 3.05) is 26.2 Å². The number of piperidine rings is 1. The number of benzene rings is 1. The number of likely N-dealkylation sites (tertiary alicyclic amines) is 2. The van der Waals surface area contributed by atoms with E-state index in [1.54, 1.807) is 12.1 Å². The van der Waals surface area contributed by atoms with Gasteiger partial charge in [0, 0.05) is 37.7 Å². The lowest BCUT2D eigenvalue weighted by Gasteiger charge is -2.34. The molecule has 1 aromatic rings. The van der Waals surface area contributed by atoms with Crippen LogP contribution in [0.2, 0.25) is 0 Å². The number of hydrogen-bond acceptors (Lipinski definition) is 4. The van der Waals surface area contributed by atoms with E-state index in [2.05, 4.69) is 9.30 Å². The molecular formula is C20H25N3O3S. The fourth-order valence-corrected chi connectivity index (χ4v) is 6.56. The summed E-state index contributed by atoms with van der Waals surface area (Å²) in [5.74, 6) is 2.37. The molecule has 1 saturated carbocycles. The van der Waals surface area contributed by atoms with Crippen molar-refractivity contribution in [3.63, 3.8) is 0 Å². The quantitative estimate of drug-likeness (QED) is 0.740. The molecule has 1 aromatic carbocycles. The Morgan fingerprint density at radius 3 is 2.37 bits per heavy atom. The first-order valence-corrected chi connectivity index (χ1v) is 11.4. The Kier molecular flexibility index (Phi) is 4.04. The number of amides is 1. The van der Waals surface area contributed by atoms with Crippen LogP contribution >= 0.6 is 0 Å². The fourth-order valence-electron chi connectivity index (χ4n) is 5.33. The zero-order chi connectivity index (χ0) is 18.6. The van der Waals surface area contributed by atoms with Crippen molar-refractivity contribution >= 4 is 21.8 Å². The number of amidine groups is 1. The third kappa shape index (κ3) is 2.87. The molecule has 7 heteroatoms. The van der Waals surface area contributed by atoms with Crippen LogP contribution in [0, 0.1) is 17.8 Å². The van der Waals surface area contributed by atoms with Crippen LogP contribution in [-0.4, -0.2) is 56.1 Å². The molecule has 27 heavy (non-hydrogen) atoms. The van der Waals surface area contributed by atoms with Gasteiger partial charge in [0.15, 0.2) is 5.84 Å². The van der Waals surface area contributed by atoms with Gasteiger partial charge in [0.2, 0.25) is 5.91 Å². The van der Waals surface area contributed by atoms with Gasteiger partial charge in [-0.1, -0.05) is 18.6 Å². The van der Waals surface area contributed by atoms with Gasteiger partial charge in [-0.05, 0) is 49.7 Å². The normalized spacial score (nSPS) is 29.6. The molecule has 144 valence electrons. The Morgan fingerprint density at radius 2 is 1.67 bits per heavy atom. The largest absolute Gasteiger partial charge is 0.355 e. The van der Waals surface area contributed by atoms with E-state index in [-0.39, 0.29) is 5.92 Å². The monoisotopic (exact) mass is 387 g/mol. The van der Waals surface area contributed by atoms with Crippen molar-refractivity contribution in [2.45, 2.75) is 37.0 Å². The Hall–Kier alpha value is -1.89. The number of sulfonamides is 1. The van der Waals surface area contributed by atoms with E-state index in [0.717, 1.165) is 37.8 Å². The van der Waals surface area contributed by atoms with Gasteiger partial charge in [0.25, 0.3) is 10.0 Å². The van der Waals surface area contributed by atoms with Crippen LogP contribution in [0.25, 0.3) is 0 Å². The highest BCUT2D eigenvalue weighted by Crippen LogP contribution is 2.39. The molecule has 0 N–H and O–H groups in total. The summed E-state index contributed by atoms with van der Waals surface area (Å²) in [6.45, 7) is 3.25. The van der Waals surface area contributed by atoms with Gasteiger partial charge in [-0.15, -0.1) is 4.40 Å². The molecule has 2 atom stereocenters. The third-order valence-electron chi connectivity index (χ3n) is 6.79. The zero-order valence-electron chi connectivity index (χ0n) is 15.4. The molecular weight excluding hydrogens is 362 g/mol. The smallest absolute Gasteiger partial charge is 0.285 e. The minimum Gasteiger partial charge on any atom is -0.355 e. The lowest BCUT2D eigenvalue weighted by atomic mass is 9.94. The molecule has 0 aromatic heterocycles. The van der Waals surface area contributed by atoms with Crippen LogP contribution in [-0.2, 0) is 14.8 Å². The molecule has 1 aliphatic carbocycles. The van der Waals surface area contributed by atoms with Crippen molar-refractivity contribution in [3.8, 4) is 0 Å². The summed E-state index contributed by atoms with van der Waals surface area (Å²) in [6.07, 6.45) is 5.42. The minimum atomic E-state index is -3.58. The maximum Gasteiger partial charge on any atom is 0.285 e. The van der Waals surface area contributed by atoms with E-state index >= 15 is 0 Å². The van der Waals surface area contributed by atoms with Crippen LogP contribution in [0.1, 0.15) is 37.7 Å².